The van der Waals surface area contributed by atoms with E-state index in [1.807, 2.05) is 11.3 Å². The predicted octanol–water partition coefficient (Wildman–Crippen LogP) is 16.0. The molecular weight excluding hydrogens is 707 g/mol. The third kappa shape index (κ3) is 5.44. The van der Waals surface area contributed by atoms with E-state index in [1.54, 1.807) is 0 Å². The molecule has 57 heavy (non-hydrogen) atoms. The monoisotopic (exact) mass is 745 g/mol. The third-order valence-electron chi connectivity index (χ3n) is 12.1. The van der Waals surface area contributed by atoms with Gasteiger partial charge in [-0.05, 0) is 103 Å². The number of thiophene rings is 1. The Morgan fingerprint density at radius 3 is 1.86 bits per heavy atom. The zero-order valence-corrected chi connectivity index (χ0v) is 32.7. The van der Waals surface area contributed by atoms with Gasteiger partial charge in [0.15, 0.2) is 0 Å². The molecule has 0 fully saturated rings. The second-order valence-electron chi connectivity index (χ2n) is 15.7. The van der Waals surface area contributed by atoms with Gasteiger partial charge in [0, 0.05) is 42.5 Å². The fraction of sp³-hybridized carbons (Fsp3) is 0.0545. The average molecular weight is 746 g/mol. The van der Waals surface area contributed by atoms with E-state index in [0.717, 1.165) is 17.1 Å². The zero-order valence-electron chi connectivity index (χ0n) is 31.9. The normalized spacial score (nSPS) is 12.9. The summed E-state index contributed by atoms with van der Waals surface area (Å²) >= 11 is 1.88. The minimum Gasteiger partial charge on any atom is -0.310 e. The molecule has 270 valence electrons. The molecule has 1 heterocycles. The van der Waals surface area contributed by atoms with E-state index in [-0.39, 0.29) is 5.41 Å². The SMILES string of the molecule is CC1(C)c2ccccc2-c2ccc(N(c3ccc(-c4cccc5c4sc4ccccc45)cc3)c3ccccc3-c3cccc(-c4cccc5ccccc45)c3)cc21. The summed E-state index contributed by atoms with van der Waals surface area (Å²) in [6, 6.07) is 73.9. The molecule has 0 saturated carbocycles. The van der Waals surface area contributed by atoms with Crippen LogP contribution in [0.2, 0.25) is 0 Å². The fourth-order valence-electron chi connectivity index (χ4n) is 9.27. The highest BCUT2D eigenvalue weighted by atomic mass is 32.1. The molecule has 2 heteroatoms. The summed E-state index contributed by atoms with van der Waals surface area (Å²) in [5, 5.41) is 5.16. The highest BCUT2D eigenvalue weighted by Gasteiger charge is 2.36. The van der Waals surface area contributed by atoms with Crippen LogP contribution in [0.25, 0.3) is 75.5 Å². The van der Waals surface area contributed by atoms with Crippen LogP contribution in [-0.4, -0.2) is 0 Å². The van der Waals surface area contributed by atoms with Gasteiger partial charge >= 0.3 is 0 Å². The molecule has 11 rings (SSSR count). The van der Waals surface area contributed by atoms with Crippen molar-refractivity contribution in [3.63, 3.8) is 0 Å². The van der Waals surface area contributed by atoms with Crippen LogP contribution in [0.1, 0.15) is 25.0 Å². The summed E-state index contributed by atoms with van der Waals surface area (Å²) in [6.07, 6.45) is 0. The number of benzene rings is 9. The molecule has 0 saturated heterocycles. The van der Waals surface area contributed by atoms with Crippen molar-refractivity contribution in [1.82, 2.24) is 0 Å². The van der Waals surface area contributed by atoms with Gasteiger partial charge in [-0.2, -0.15) is 0 Å². The molecule has 0 spiro atoms. The summed E-state index contributed by atoms with van der Waals surface area (Å²) in [5.74, 6) is 0. The van der Waals surface area contributed by atoms with Crippen molar-refractivity contribution >= 4 is 59.3 Å². The summed E-state index contributed by atoms with van der Waals surface area (Å²) in [7, 11) is 0. The molecule has 0 radical (unpaired) electrons. The number of fused-ring (bicyclic) bond motifs is 7. The van der Waals surface area contributed by atoms with Crippen molar-refractivity contribution < 1.29 is 0 Å². The summed E-state index contributed by atoms with van der Waals surface area (Å²) in [4.78, 5) is 2.46. The molecule has 0 unspecified atom stereocenters. The summed E-state index contributed by atoms with van der Waals surface area (Å²) in [5.41, 5.74) is 16.0. The molecular formula is C55H39NS. The Bertz CT molecular complexity index is 3160. The van der Waals surface area contributed by atoms with Crippen LogP contribution in [0, 0.1) is 0 Å². The van der Waals surface area contributed by atoms with Crippen LogP contribution in [0.15, 0.2) is 200 Å². The lowest BCUT2D eigenvalue weighted by Gasteiger charge is -2.30. The first-order chi connectivity index (χ1) is 28.0. The average Bonchev–Trinajstić information content (AvgIpc) is 3.76. The molecule has 0 amide bonds. The maximum Gasteiger partial charge on any atom is 0.0540 e. The lowest BCUT2D eigenvalue weighted by Crippen LogP contribution is -2.16. The van der Waals surface area contributed by atoms with Crippen LogP contribution in [-0.2, 0) is 5.41 Å². The van der Waals surface area contributed by atoms with Gasteiger partial charge in [0.2, 0.25) is 0 Å². The van der Waals surface area contributed by atoms with E-state index >= 15 is 0 Å². The largest absolute Gasteiger partial charge is 0.310 e. The molecule has 1 aliphatic rings. The zero-order chi connectivity index (χ0) is 38.1. The summed E-state index contributed by atoms with van der Waals surface area (Å²) < 4.78 is 2.66. The van der Waals surface area contributed by atoms with Gasteiger partial charge in [0.25, 0.3) is 0 Å². The van der Waals surface area contributed by atoms with Crippen molar-refractivity contribution in [2.75, 3.05) is 4.90 Å². The second-order valence-corrected chi connectivity index (χ2v) is 16.7. The number of nitrogens with zero attached hydrogens (tertiary/aromatic N) is 1. The minimum absolute atomic E-state index is 0.118. The minimum atomic E-state index is -0.118. The Hall–Kier alpha value is -6.74. The quantitative estimate of drug-likeness (QED) is 0.164. The molecule has 0 N–H and O–H groups in total. The second kappa shape index (κ2) is 13.2. The van der Waals surface area contributed by atoms with E-state index in [2.05, 4.69) is 219 Å². The van der Waals surface area contributed by atoms with Crippen molar-refractivity contribution in [3.05, 3.63) is 211 Å². The number of anilines is 3. The van der Waals surface area contributed by atoms with E-state index in [0.29, 0.717) is 0 Å². The van der Waals surface area contributed by atoms with Gasteiger partial charge in [0.1, 0.15) is 0 Å². The Morgan fingerprint density at radius 1 is 0.386 bits per heavy atom. The van der Waals surface area contributed by atoms with Crippen LogP contribution in [0.4, 0.5) is 17.1 Å². The van der Waals surface area contributed by atoms with Crippen LogP contribution in [0.5, 0.6) is 0 Å². The molecule has 1 aliphatic carbocycles. The standard InChI is InChI=1S/C55H39NS/c1-55(2)50-25-8-5-20-46(50)47-33-32-41(35-51(47)55)56(40-30-28-37(29-31-40)45-23-13-24-49-48-21-7-10-27-53(48)57-54(45)49)52-26-9-6-19-44(52)39-17-11-16-38(34-39)43-22-12-15-36-14-3-4-18-42(36)43/h3-35H,1-2H3. The molecule has 10 aromatic rings. The van der Waals surface area contributed by atoms with Crippen molar-refractivity contribution in [1.29, 1.82) is 0 Å². The van der Waals surface area contributed by atoms with Gasteiger partial charge in [-0.15, -0.1) is 11.3 Å². The van der Waals surface area contributed by atoms with Gasteiger partial charge in [-0.25, -0.2) is 0 Å². The van der Waals surface area contributed by atoms with Crippen molar-refractivity contribution in [2.24, 2.45) is 0 Å². The van der Waals surface area contributed by atoms with Gasteiger partial charge < -0.3 is 4.90 Å². The van der Waals surface area contributed by atoms with Crippen LogP contribution in [0.3, 0.4) is 0 Å². The van der Waals surface area contributed by atoms with Gasteiger partial charge in [0.05, 0.1) is 5.69 Å². The van der Waals surface area contributed by atoms with Crippen molar-refractivity contribution in [3.8, 4) is 44.5 Å². The topological polar surface area (TPSA) is 3.24 Å². The first-order valence-corrected chi connectivity index (χ1v) is 20.6. The highest BCUT2D eigenvalue weighted by molar-refractivity contribution is 7.26. The number of hydrogen-bond acceptors (Lipinski definition) is 2. The van der Waals surface area contributed by atoms with E-state index in [9.17, 15) is 0 Å². The lowest BCUT2D eigenvalue weighted by molar-refractivity contribution is 0.660. The predicted molar refractivity (Wildman–Crippen MR) is 245 cm³/mol. The number of hydrogen-bond donors (Lipinski definition) is 0. The first kappa shape index (κ1) is 33.6. The van der Waals surface area contributed by atoms with E-state index in [1.165, 1.54) is 86.6 Å². The Balaban J connectivity index is 1.08. The lowest BCUT2D eigenvalue weighted by atomic mass is 9.82. The van der Waals surface area contributed by atoms with Crippen LogP contribution >= 0.6 is 11.3 Å². The molecule has 1 nitrogen and oxygen atoms in total. The smallest absolute Gasteiger partial charge is 0.0540 e. The highest BCUT2D eigenvalue weighted by Crippen LogP contribution is 2.51. The molecule has 0 bridgehead atoms. The molecule has 0 atom stereocenters. The number of para-hydroxylation sites is 1. The fourth-order valence-corrected chi connectivity index (χ4v) is 10.5. The van der Waals surface area contributed by atoms with Crippen molar-refractivity contribution in [2.45, 2.75) is 19.3 Å². The molecule has 0 aliphatic heterocycles. The molecule has 9 aromatic carbocycles. The van der Waals surface area contributed by atoms with Crippen LogP contribution < -0.4 is 4.90 Å². The van der Waals surface area contributed by atoms with E-state index in [4.69, 9.17) is 0 Å². The Labute approximate surface area is 337 Å². The van der Waals surface area contributed by atoms with Gasteiger partial charge in [-0.1, -0.05) is 172 Å². The third-order valence-corrected chi connectivity index (χ3v) is 13.3. The molecule has 1 aromatic heterocycles. The Kier molecular flexibility index (Phi) is 7.77. The number of rotatable bonds is 6. The Morgan fingerprint density at radius 2 is 0.982 bits per heavy atom. The maximum absolute atomic E-state index is 2.46. The van der Waals surface area contributed by atoms with Gasteiger partial charge in [-0.3, -0.25) is 0 Å². The van der Waals surface area contributed by atoms with E-state index < -0.39 is 0 Å². The first-order valence-electron chi connectivity index (χ1n) is 19.8. The summed E-state index contributed by atoms with van der Waals surface area (Å²) in [6.45, 7) is 4.73. The maximum atomic E-state index is 2.46.